The van der Waals surface area contributed by atoms with E-state index < -0.39 is 0 Å². The Balaban J connectivity index is 1.53. The summed E-state index contributed by atoms with van der Waals surface area (Å²) in [7, 11) is 0. The van der Waals surface area contributed by atoms with Gasteiger partial charge in [-0.3, -0.25) is 4.79 Å². The first-order valence-electron chi connectivity index (χ1n) is 9.79. The van der Waals surface area contributed by atoms with E-state index in [9.17, 15) is 4.79 Å². The molecule has 0 unspecified atom stereocenters. The van der Waals surface area contributed by atoms with Crippen molar-refractivity contribution >= 4 is 17.2 Å². The number of thiophene rings is 1. The lowest BCUT2D eigenvalue weighted by atomic mass is 9.97. The highest BCUT2D eigenvalue weighted by Gasteiger charge is 2.31. The quantitative estimate of drug-likeness (QED) is 0.644. The third kappa shape index (κ3) is 3.48. The Labute approximate surface area is 168 Å². The second-order valence-corrected chi connectivity index (χ2v) is 8.25. The average Bonchev–Trinajstić information content (AvgIpc) is 3.46. The topological polar surface area (TPSA) is 77.1 Å². The Morgan fingerprint density at radius 3 is 2.93 bits per heavy atom. The Morgan fingerprint density at radius 2 is 2.18 bits per heavy atom. The van der Waals surface area contributed by atoms with Crippen LogP contribution in [0.4, 0.5) is 0 Å². The largest absolute Gasteiger partial charge is 0.445 e. The van der Waals surface area contributed by atoms with Gasteiger partial charge in [-0.15, -0.1) is 16.1 Å². The molecule has 7 nitrogen and oxygen atoms in total. The molecule has 3 aromatic rings. The van der Waals surface area contributed by atoms with Crippen molar-refractivity contribution in [3.63, 3.8) is 0 Å². The zero-order valence-corrected chi connectivity index (χ0v) is 17.3. The Morgan fingerprint density at radius 1 is 1.39 bits per heavy atom. The van der Waals surface area contributed by atoms with Crippen LogP contribution in [0.2, 0.25) is 0 Å². The molecule has 0 saturated carbocycles. The second-order valence-electron chi connectivity index (χ2n) is 7.35. The van der Waals surface area contributed by atoms with Crippen molar-refractivity contribution in [3.8, 4) is 5.00 Å². The molecule has 0 bridgehead atoms. The molecule has 1 aliphatic rings. The summed E-state index contributed by atoms with van der Waals surface area (Å²) in [5.41, 5.74) is 1.69. The molecule has 1 amide bonds. The van der Waals surface area contributed by atoms with Crippen molar-refractivity contribution in [2.24, 2.45) is 0 Å². The van der Waals surface area contributed by atoms with Crippen LogP contribution in [0, 0.1) is 6.92 Å². The lowest BCUT2D eigenvalue weighted by Gasteiger charge is -2.31. The summed E-state index contributed by atoms with van der Waals surface area (Å²) < 4.78 is 6.01. The maximum atomic E-state index is 13.2. The fraction of sp³-hybridized carbons (Fsp3) is 0.500. The minimum Gasteiger partial charge on any atom is -0.445 e. The molecule has 0 radical (unpaired) electrons. The minimum atomic E-state index is 0.0173. The van der Waals surface area contributed by atoms with Gasteiger partial charge in [0.25, 0.3) is 5.91 Å². The standard InChI is InChI=1S/C20H25N5O2S/c1-4-13(2)17-14(3)27-18(23-17)15-6-5-10-24(12-15)19(26)16-7-11-28-20(16)25-21-8-9-22-25/h7-9,11,13,15H,4-6,10,12H2,1-3H3/t13-,15-/m1/s1. The van der Waals surface area contributed by atoms with E-state index in [0.29, 0.717) is 18.0 Å². The van der Waals surface area contributed by atoms with E-state index >= 15 is 0 Å². The minimum absolute atomic E-state index is 0.0173. The van der Waals surface area contributed by atoms with Crippen LogP contribution < -0.4 is 0 Å². The van der Waals surface area contributed by atoms with Crippen LogP contribution in [0.25, 0.3) is 5.00 Å². The Kier molecular flexibility index (Phi) is 5.30. The Hall–Kier alpha value is -2.48. The highest BCUT2D eigenvalue weighted by Crippen LogP contribution is 2.32. The van der Waals surface area contributed by atoms with Crippen LogP contribution in [0.15, 0.2) is 28.3 Å². The molecule has 0 spiro atoms. The number of aromatic nitrogens is 4. The average molecular weight is 400 g/mol. The van der Waals surface area contributed by atoms with Gasteiger partial charge in [0.05, 0.1) is 29.6 Å². The predicted molar refractivity (Wildman–Crippen MR) is 107 cm³/mol. The summed E-state index contributed by atoms with van der Waals surface area (Å²) >= 11 is 1.47. The van der Waals surface area contributed by atoms with Crippen LogP contribution >= 0.6 is 11.3 Å². The molecule has 1 aliphatic heterocycles. The number of hydrogen-bond acceptors (Lipinski definition) is 6. The number of piperidine rings is 1. The van der Waals surface area contributed by atoms with E-state index in [2.05, 4.69) is 24.0 Å². The Bertz CT molecular complexity index is 946. The van der Waals surface area contributed by atoms with E-state index in [1.807, 2.05) is 23.3 Å². The van der Waals surface area contributed by atoms with Gasteiger partial charge in [0, 0.05) is 19.0 Å². The third-order valence-electron chi connectivity index (χ3n) is 5.46. The van der Waals surface area contributed by atoms with Crippen molar-refractivity contribution in [1.29, 1.82) is 0 Å². The fourth-order valence-electron chi connectivity index (χ4n) is 3.73. The fourth-order valence-corrected chi connectivity index (χ4v) is 4.53. The molecule has 1 saturated heterocycles. The van der Waals surface area contributed by atoms with Crippen molar-refractivity contribution in [2.75, 3.05) is 13.1 Å². The number of hydrogen-bond donors (Lipinski definition) is 0. The molecular weight excluding hydrogens is 374 g/mol. The molecule has 2 atom stereocenters. The molecule has 4 heterocycles. The van der Waals surface area contributed by atoms with Crippen molar-refractivity contribution in [1.82, 2.24) is 24.9 Å². The number of carbonyl (C=O) groups is 1. The molecule has 1 fully saturated rings. The van der Waals surface area contributed by atoms with Gasteiger partial charge in [-0.25, -0.2) is 4.98 Å². The normalized spacial score (nSPS) is 18.4. The van der Waals surface area contributed by atoms with Crippen molar-refractivity contribution < 1.29 is 9.21 Å². The van der Waals surface area contributed by atoms with Crippen LogP contribution in [0.3, 0.4) is 0 Å². The summed E-state index contributed by atoms with van der Waals surface area (Å²) in [4.78, 5) is 21.4. The SMILES string of the molecule is CC[C@@H](C)c1nc([C@@H]2CCCN(C(=O)c3ccsc3-n3nccn3)C2)oc1C. The number of carbonyl (C=O) groups excluding carboxylic acids is 1. The van der Waals surface area contributed by atoms with E-state index in [-0.39, 0.29) is 11.8 Å². The molecule has 148 valence electrons. The van der Waals surface area contributed by atoms with Gasteiger partial charge in [-0.05, 0) is 37.6 Å². The van der Waals surface area contributed by atoms with E-state index in [0.717, 1.165) is 48.2 Å². The van der Waals surface area contributed by atoms with Gasteiger partial charge in [0.2, 0.25) is 0 Å². The first kappa shape index (κ1) is 18.9. The summed E-state index contributed by atoms with van der Waals surface area (Å²) in [5, 5.41) is 11.0. The smallest absolute Gasteiger partial charge is 0.257 e. The third-order valence-corrected chi connectivity index (χ3v) is 6.34. The van der Waals surface area contributed by atoms with Gasteiger partial charge in [-0.2, -0.15) is 10.2 Å². The van der Waals surface area contributed by atoms with Crippen molar-refractivity contribution in [3.05, 3.63) is 46.7 Å². The molecular formula is C20H25N5O2S. The van der Waals surface area contributed by atoms with Crippen LogP contribution in [0.1, 0.15) is 72.6 Å². The lowest BCUT2D eigenvalue weighted by molar-refractivity contribution is 0.0698. The maximum Gasteiger partial charge on any atom is 0.257 e. The van der Waals surface area contributed by atoms with Crippen LogP contribution in [0.5, 0.6) is 0 Å². The predicted octanol–water partition coefficient (Wildman–Crippen LogP) is 4.16. The first-order chi connectivity index (χ1) is 13.6. The van der Waals surface area contributed by atoms with Gasteiger partial charge in [-0.1, -0.05) is 13.8 Å². The molecule has 3 aromatic heterocycles. The zero-order valence-electron chi connectivity index (χ0n) is 16.5. The van der Waals surface area contributed by atoms with Gasteiger partial charge in [0.15, 0.2) is 10.9 Å². The monoisotopic (exact) mass is 399 g/mol. The number of amides is 1. The van der Waals surface area contributed by atoms with Gasteiger partial charge < -0.3 is 9.32 Å². The van der Waals surface area contributed by atoms with Gasteiger partial charge in [0.1, 0.15) is 5.76 Å². The highest BCUT2D eigenvalue weighted by molar-refractivity contribution is 7.12. The van der Waals surface area contributed by atoms with E-state index in [1.165, 1.54) is 16.1 Å². The van der Waals surface area contributed by atoms with E-state index in [1.54, 1.807) is 12.4 Å². The summed E-state index contributed by atoms with van der Waals surface area (Å²) in [6, 6.07) is 1.85. The lowest BCUT2D eigenvalue weighted by Crippen LogP contribution is -2.39. The molecule has 0 aromatic carbocycles. The van der Waals surface area contributed by atoms with Crippen molar-refractivity contribution in [2.45, 2.75) is 51.9 Å². The van der Waals surface area contributed by atoms with Gasteiger partial charge >= 0.3 is 0 Å². The van der Waals surface area contributed by atoms with E-state index in [4.69, 9.17) is 9.40 Å². The summed E-state index contributed by atoms with van der Waals surface area (Å²) in [6.07, 6.45) is 6.19. The number of aryl methyl sites for hydroxylation is 1. The summed E-state index contributed by atoms with van der Waals surface area (Å²) in [5.74, 6) is 2.21. The molecule has 28 heavy (non-hydrogen) atoms. The highest BCUT2D eigenvalue weighted by atomic mass is 32.1. The molecule has 4 rings (SSSR count). The number of oxazole rings is 1. The second kappa shape index (κ2) is 7.87. The number of nitrogens with zero attached hydrogens (tertiary/aromatic N) is 5. The maximum absolute atomic E-state index is 13.2. The molecule has 8 heteroatoms. The molecule has 0 aliphatic carbocycles. The van der Waals surface area contributed by atoms with Crippen LogP contribution in [-0.4, -0.2) is 43.9 Å². The summed E-state index contributed by atoms with van der Waals surface area (Å²) in [6.45, 7) is 7.69. The number of rotatable bonds is 5. The molecule has 0 N–H and O–H groups in total. The zero-order chi connectivity index (χ0) is 19.7. The van der Waals surface area contributed by atoms with Crippen LogP contribution in [-0.2, 0) is 0 Å². The number of likely N-dealkylation sites (tertiary alicyclic amines) is 1. The first-order valence-corrected chi connectivity index (χ1v) is 10.7.